The van der Waals surface area contributed by atoms with Gasteiger partial charge in [-0.3, -0.25) is 14.3 Å². The molecule has 0 bridgehead atoms. The van der Waals surface area contributed by atoms with Crippen LogP contribution in [-0.4, -0.2) is 64.0 Å². The first kappa shape index (κ1) is 28.1. The number of alkyl halides is 8. The lowest BCUT2D eigenvalue weighted by Gasteiger charge is -2.38. The van der Waals surface area contributed by atoms with Gasteiger partial charge in [-0.2, -0.15) is 26.3 Å². The number of nitrogens with one attached hydrogen (secondary N) is 1. The van der Waals surface area contributed by atoms with Gasteiger partial charge in [-0.1, -0.05) is 0 Å². The van der Waals surface area contributed by atoms with Crippen molar-refractivity contribution in [2.75, 3.05) is 25.1 Å². The molecule has 17 heteroatoms. The van der Waals surface area contributed by atoms with E-state index in [0.717, 1.165) is 16.6 Å². The van der Waals surface area contributed by atoms with Crippen molar-refractivity contribution in [3.8, 4) is 5.75 Å². The van der Waals surface area contributed by atoms with Crippen molar-refractivity contribution in [2.45, 2.75) is 55.8 Å². The van der Waals surface area contributed by atoms with E-state index in [4.69, 9.17) is 4.74 Å². The lowest BCUT2D eigenvalue weighted by atomic mass is 9.85. The number of ether oxygens (including phenoxy) is 1. The van der Waals surface area contributed by atoms with Crippen LogP contribution >= 0.6 is 0 Å². The quantitative estimate of drug-likeness (QED) is 0.465. The molecule has 2 atom stereocenters. The standard InChI is InChI=1S/C21H20F9N3O5/c1-38-14-12-10(17(35)31-18(36)33(12)8-2-3-8)9(16(23)24)11(22)13(14)32-5-4-7(6-32)15(34)19(37,20(25,26)27)21(28,29)30/h7-8,15-16,34,37H,2-6H2,1H3,(H,31,35,36). The van der Waals surface area contributed by atoms with Gasteiger partial charge in [0.25, 0.3) is 17.6 Å². The van der Waals surface area contributed by atoms with Gasteiger partial charge in [0.1, 0.15) is 17.3 Å². The molecule has 1 aromatic carbocycles. The number of anilines is 1. The molecule has 212 valence electrons. The molecule has 2 aromatic rings. The van der Waals surface area contributed by atoms with E-state index < -0.39 is 107 Å². The third-order valence-corrected chi connectivity index (χ3v) is 6.90. The van der Waals surface area contributed by atoms with Gasteiger partial charge in [-0.05, 0) is 19.3 Å². The summed E-state index contributed by atoms with van der Waals surface area (Å²) in [6.07, 6.45) is -19.6. The fraction of sp³-hybridized carbons (Fsp3) is 0.619. The number of aromatic nitrogens is 2. The van der Waals surface area contributed by atoms with Crippen molar-refractivity contribution < 1.29 is 54.5 Å². The summed E-state index contributed by atoms with van der Waals surface area (Å²) in [7, 11) is 0.942. The summed E-state index contributed by atoms with van der Waals surface area (Å²) in [5.74, 6) is -4.32. The third-order valence-electron chi connectivity index (χ3n) is 6.90. The highest BCUT2D eigenvalue weighted by Crippen LogP contribution is 2.50. The molecule has 8 nitrogen and oxygen atoms in total. The van der Waals surface area contributed by atoms with Gasteiger partial charge in [0.05, 0.1) is 18.1 Å². The molecule has 38 heavy (non-hydrogen) atoms. The minimum atomic E-state index is -6.34. The minimum Gasteiger partial charge on any atom is -0.492 e. The molecule has 2 fully saturated rings. The van der Waals surface area contributed by atoms with Crippen LogP contribution in [0, 0.1) is 11.7 Å². The van der Waals surface area contributed by atoms with Crippen LogP contribution in [0.5, 0.6) is 5.75 Å². The minimum absolute atomic E-state index is 0.395. The lowest BCUT2D eigenvalue weighted by molar-refractivity contribution is -0.395. The zero-order valence-corrected chi connectivity index (χ0v) is 19.3. The van der Waals surface area contributed by atoms with Crippen LogP contribution in [0.4, 0.5) is 45.2 Å². The molecule has 2 aliphatic rings. The highest BCUT2D eigenvalue weighted by molar-refractivity contribution is 5.94. The Labute approximate surface area is 206 Å². The molecule has 3 N–H and O–H groups in total. The maximum Gasteiger partial charge on any atom is 0.428 e. The monoisotopic (exact) mass is 565 g/mol. The molecular weight excluding hydrogens is 545 g/mol. The molecule has 2 unspecified atom stereocenters. The zero-order chi connectivity index (χ0) is 28.5. The molecule has 1 aromatic heterocycles. The van der Waals surface area contributed by atoms with Gasteiger partial charge in [0.15, 0.2) is 11.6 Å². The number of aromatic amines is 1. The Morgan fingerprint density at radius 2 is 1.63 bits per heavy atom. The molecule has 1 aliphatic carbocycles. The normalized spacial score (nSPS) is 20.0. The number of aliphatic hydroxyl groups is 2. The first-order chi connectivity index (χ1) is 17.5. The number of hydrogen-bond acceptors (Lipinski definition) is 6. The van der Waals surface area contributed by atoms with E-state index in [0.29, 0.717) is 12.8 Å². The fourth-order valence-corrected chi connectivity index (χ4v) is 4.92. The number of aliphatic hydroxyl groups excluding tert-OH is 1. The average molecular weight is 565 g/mol. The Morgan fingerprint density at radius 1 is 1.05 bits per heavy atom. The van der Waals surface area contributed by atoms with Gasteiger partial charge in [0.2, 0.25) is 0 Å². The molecule has 4 rings (SSSR count). The van der Waals surface area contributed by atoms with Crippen molar-refractivity contribution in [3.05, 3.63) is 32.2 Å². The van der Waals surface area contributed by atoms with E-state index in [-0.39, 0.29) is 0 Å². The van der Waals surface area contributed by atoms with Crippen LogP contribution in [0.15, 0.2) is 9.59 Å². The van der Waals surface area contributed by atoms with Crippen molar-refractivity contribution >= 4 is 16.6 Å². The first-order valence-electron chi connectivity index (χ1n) is 11.1. The number of H-pyrrole nitrogens is 1. The summed E-state index contributed by atoms with van der Waals surface area (Å²) in [5.41, 5.74) is -10.7. The van der Waals surface area contributed by atoms with Crippen LogP contribution in [0.25, 0.3) is 10.9 Å². The molecule has 0 radical (unpaired) electrons. The Morgan fingerprint density at radius 3 is 2.11 bits per heavy atom. The summed E-state index contributed by atoms with van der Waals surface area (Å²) in [5, 5.41) is 18.7. The van der Waals surface area contributed by atoms with E-state index in [2.05, 4.69) is 0 Å². The lowest BCUT2D eigenvalue weighted by Crippen LogP contribution is -2.66. The molecular formula is C21H20F9N3O5. The molecule has 0 amide bonds. The summed E-state index contributed by atoms with van der Waals surface area (Å²) >= 11 is 0. The Hall–Kier alpha value is -2.95. The summed E-state index contributed by atoms with van der Waals surface area (Å²) in [6, 6.07) is -0.568. The molecule has 2 heterocycles. The second-order valence-corrected chi connectivity index (χ2v) is 9.20. The van der Waals surface area contributed by atoms with Crippen molar-refractivity contribution in [1.29, 1.82) is 0 Å². The average Bonchev–Trinajstić information content (AvgIpc) is 3.51. The highest BCUT2D eigenvalue weighted by Gasteiger charge is 2.75. The Bertz CT molecular complexity index is 1350. The first-order valence-corrected chi connectivity index (χ1v) is 11.1. The van der Waals surface area contributed by atoms with E-state index in [1.54, 1.807) is 0 Å². The smallest absolute Gasteiger partial charge is 0.428 e. The SMILES string of the molecule is COc1c(N2CCC(C(O)C(O)(C(F)(F)F)C(F)(F)F)C2)c(F)c(C(F)F)c2c(=O)[nH]c(=O)n(C3CC3)c12. The van der Waals surface area contributed by atoms with E-state index in [9.17, 15) is 54.9 Å². The summed E-state index contributed by atoms with van der Waals surface area (Å²) < 4.78 is 129. The van der Waals surface area contributed by atoms with Crippen LogP contribution < -0.4 is 20.9 Å². The van der Waals surface area contributed by atoms with Gasteiger partial charge >= 0.3 is 18.0 Å². The largest absolute Gasteiger partial charge is 0.492 e. The van der Waals surface area contributed by atoms with Crippen molar-refractivity contribution in [1.82, 2.24) is 9.55 Å². The predicted octanol–water partition coefficient (Wildman–Crippen LogP) is 3.15. The highest BCUT2D eigenvalue weighted by atomic mass is 19.4. The zero-order valence-electron chi connectivity index (χ0n) is 19.3. The molecule has 1 saturated heterocycles. The van der Waals surface area contributed by atoms with Crippen molar-refractivity contribution in [2.24, 2.45) is 5.92 Å². The maximum atomic E-state index is 15.6. The summed E-state index contributed by atoms with van der Waals surface area (Å²) in [4.78, 5) is 27.6. The number of methoxy groups -OCH3 is 1. The summed E-state index contributed by atoms with van der Waals surface area (Å²) in [6.45, 7) is -1.50. The van der Waals surface area contributed by atoms with Gasteiger partial charge in [-0.25, -0.2) is 18.0 Å². The Balaban J connectivity index is 1.90. The molecule has 1 aliphatic heterocycles. The van der Waals surface area contributed by atoms with E-state index >= 15 is 4.39 Å². The molecule has 1 saturated carbocycles. The maximum absolute atomic E-state index is 15.6. The number of hydrogen-bond donors (Lipinski definition) is 3. The van der Waals surface area contributed by atoms with Crippen molar-refractivity contribution in [3.63, 3.8) is 0 Å². The second-order valence-electron chi connectivity index (χ2n) is 9.20. The van der Waals surface area contributed by atoms with Gasteiger partial charge < -0.3 is 19.8 Å². The third kappa shape index (κ3) is 4.10. The van der Waals surface area contributed by atoms with E-state index in [1.807, 2.05) is 4.98 Å². The van der Waals surface area contributed by atoms with Crippen LogP contribution in [0.2, 0.25) is 0 Å². The number of nitrogens with zero attached hydrogens (tertiary/aromatic N) is 2. The Kier molecular flexibility index (Phi) is 6.70. The molecule has 0 spiro atoms. The van der Waals surface area contributed by atoms with Crippen LogP contribution in [0.1, 0.15) is 37.3 Å². The van der Waals surface area contributed by atoms with Crippen LogP contribution in [0.3, 0.4) is 0 Å². The number of benzene rings is 1. The number of fused-ring (bicyclic) bond motifs is 1. The number of rotatable bonds is 6. The van der Waals surface area contributed by atoms with E-state index in [1.165, 1.54) is 0 Å². The second kappa shape index (κ2) is 9.07. The van der Waals surface area contributed by atoms with Crippen LogP contribution in [-0.2, 0) is 0 Å². The fourth-order valence-electron chi connectivity index (χ4n) is 4.92. The van der Waals surface area contributed by atoms with Gasteiger partial charge in [0, 0.05) is 25.0 Å². The number of halogens is 9. The topological polar surface area (TPSA) is 108 Å². The van der Waals surface area contributed by atoms with Gasteiger partial charge in [-0.15, -0.1) is 0 Å². The predicted molar refractivity (Wildman–Crippen MR) is 112 cm³/mol.